The molecule has 0 aliphatic carbocycles. The first-order valence-corrected chi connectivity index (χ1v) is 6.03. The molecular weight excluding hydrogens is 268 g/mol. The maximum atomic E-state index is 11.7. The van der Waals surface area contributed by atoms with Crippen molar-refractivity contribution in [1.82, 2.24) is 14.3 Å². The molecular formula is C12H15ClN4O2. The van der Waals surface area contributed by atoms with Crippen LogP contribution in [-0.2, 0) is 18.3 Å². The number of anilines is 1. The number of esters is 1. The number of hydrogen-bond acceptors (Lipinski definition) is 4. The third kappa shape index (κ3) is 2.44. The number of carbonyl (C=O) groups excluding carboxylic acids is 1. The van der Waals surface area contributed by atoms with Crippen molar-refractivity contribution >= 4 is 23.3 Å². The second-order valence-corrected chi connectivity index (χ2v) is 4.61. The van der Waals surface area contributed by atoms with Gasteiger partial charge in [0, 0.05) is 18.8 Å². The Morgan fingerprint density at radius 2 is 2.26 bits per heavy atom. The predicted molar refractivity (Wildman–Crippen MR) is 72.2 cm³/mol. The zero-order valence-electron chi connectivity index (χ0n) is 11.0. The maximum absolute atomic E-state index is 11.7. The maximum Gasteiger partial charge on any atom is 0.354 e. The molecule has 7 heteroatoms. The molecule has 0 aromatic carbocycles. The molecule has 0 spiro atoms. The Kier molecular flexibility index (Phi) is 3.53. The van der Waals surface area contributed by atoms with Gasteiger partial charge in [-0.2, -0.15) is 5.10 Å². The van der Waals surface area contributed by atoms with Gasteiger partial charge < -0.3 is 15.0 Å². The number of aromatic nitrogens is 3. The van der Waals surface area contributed by atoms with E-state index >= 15 is 0 Å². The number of methoxy groups -OCH3 is 1. The van der Waals surface area contributed by atoms with Crippen LogP contribution < -0.4 is 5.73 Å². The summed E-state index contributed by atoms with van der Waals surface area (Å²) in [5.41, 5.74) is 8.28. The van der Waals surface area contributed by atoms with Crippen molar-refractivity contribution in [3.8, 4) is 0 Å². The van der Waals surface area contributed by atoms with E-state index in [9.17, 15) is 4.79 Å². The molecule has 0 unspecified atom stereocenters. The number of hydrogen-bond donors (Lipinski definition) is 1. The van der Waals surface area contributed by atoms with E-state index in [2.05, 4.69) is 5.10 Å². The summed E-state index contributed by atoms with van der Waals surface area (Å²) >= 11 is 6.18. The molecule has 0 amide bonds. The fourth-order valence-electron chi connectivity index (χ4n) is 1.96. The molecule has 2 heterocycles. The number of ether oxygens (including phenoxy) is 1. The molecule has 2 aromatic rings. The Bertz CT molecular complexity index is 630. The average Bonchev–Trinajstić information content (AvgIpc) is 2.84. The van der Waals surface area contributed by atoms with Gasteiger partial charge in [0.25, 0.3) is 0 Å². The van der Waals surface area contributed by atoms with Crippen molar-refractivity contribution < 1.29 is 9.53 Å². The second-order valence-electron chi connectivity index (χ2n) is 4.26. The summed E-state index contributed by atoms with van der Waals surface area (Å²) in [6.07, 6.45) is 1.68. The molecule has 102 valence electrons. The van der Waals surface area contributed by atoms with Crippen LogP contribution in [0.3, 0.4) is 0 Å². The van der Waals surface area contributed by atoms with Crippen LogP contribution in [0.4, 0.5) is 5.69 Å². The van der Waals surface area contributed by atoms with Crippen molar-refractivity contribution in [2.24, 2.45) is 7.05 Å². The Hall–Kier alpha value is -1.95. The van der Waals surface area contributed by atoms with Crippen LogP contribution in [0.15, 0.2) is 12.3 Å². The Balaban J connectivity index is 2.41. The fourth-order valence-corrected chi connectivity index (χ4v) is 2.20. The Morgan fingerprint density at radius 1 is 1.58 bits per heavy atom. The molecule has 19 heavy (non-hydrogen) atoms. The van der Waals surface area contributed by atoms with Crippen LogP contribution >= 0.6 is 11.6 Å². The zero-order valence-corrected chi connectivity index (χ0v) is 11.7. The number of nitrogens with zero attached hydrogens (tertiary/aromatic N) is 3. The second kappa shape index (κ2) is 4.97. The van der Waals surface area contributed by atoms with Crippen molar-refractivity contribution in [1.29, 1.82) is 0 Å². The summed E-state index contributed by atoms with van der Waals surface area (Å²) in [5, 5.41) is 4.77. The van der Waals surface area contributed by atoms with Crippen LogP contribution in [0.5, 0.6) is 0 Å². The van der Waals surface area contributed by atoms with Crippen LogP contribution in [0.25, 0.3) is 0 Å². The molecule has 0 radical (unpaired) electrons. The lowest BCUT2D eigenvalue weighted by Gasteiger charge is -2.07. The van der Waals surface area contributed by atoms with E-state index < -0.39 is 5.97 Å². The van der Waals surface area contributed by atoms with E-state index in [-0.39, 0.29) is 0 Å². The summed E-state index contributed by atoms with van der Waals surface area (Å²) in [4.78, 5) is 11.7. The summed E-state index contributed by atoms with van der Waals surface area (Å²) < 4.78 is 8.02. The summed E-state index contributed by atoms with van der Waals surface area (Å²) in [6.45, 7) is 2.28. The number of aryl methyl sites for hydroxylation is 2. The monoisotopic (exact) mass is 282 g/mol. The number of carbonyl (C=O) groups is 1. The molecule has 0 saturated heterocycles. The third-order valence-corrected chi connectivity index (χ3v) is 3.38. The van der Waals surface area contributed by atoms with Crippen LogP contribution in [0, 0.1) is 6.92 Å². The van der Waals surface area contributed by atoms with Crippen molar-refractivity contribution in [3.05, 3.63) is 34.4 Å². The highest BCUT2D eigenvalue weighted by Crippen LogP contribution is 2.22. The number of rotatable bonds is 3. The van der Waals surface area contributed by atoms with Crippen molar-refractivity contribution in [2.45, 2.75) is 13.5 Å². The molecule has 0 atom stereocenters. The first-order valence-electron chi connectivity index (χ1n) is 5.66. The highest BCUT2D eigenvalue weighted by Gasteiger charge is 2.17. The molecule has 2 aromatic heterocycles. The van der Waals surface area contributed by atoms with E-state index in [0.717, 1.165) is 11.3 Å². The largest absolute Gasteiger partial charge is 0.464 e. The summed E-state index contributed by atoms with van der Waals surface area (Å²) in [7, 11) is 3.10. The first-order chi connectivity index (χ1) is 8.93. The van der Waals surface area contributed by atoms with Crippen LogP contribution in [-0.4, -0.2) is 27.4 Å². The molecule has 0 aliphatic rings. The van der Waals surface area contributed by atoms with E-state index in [1.807, 2.05) is 6.92 Å². The molecule has 0 aliphatic heterocycles. The number of halogens is 1. The highest BCUT2D eigenvalue weighted by atomic mass is 35.5. The number of nitrogen functional groups attached to an aromatic ring is 1. The quantitative estimate of drug-likeness (QED) is 0.868. The molecule has 2 rings (SSSR count). The lowest BCUT2D eigenvalue weighted by atomic mass is 10.2. The van der Waals surface area contributed by atoms with Gasteiger partial charge in [0.05, 0.1) is 25.0 Å². The van der Waals surface area contributed by atoms with E-state index in [1.165, 1.54) is 7.11 Å². The molecule has 0 bridgehead atoms. The average molecular weight is 283 g/mol. The van der Waals surface area contributed by atoms with Gasteiger partial charge in [-0.25, -0.2) is 4.79 Å². The third-order valence-electron chi connectivity index (χ3n) is 2.91. The van der Waals surface area contributed by atoms with E-state index in [0.29, 0.717) is 23.1 Å². The van der Waals surface area contributed by atoms with Crippen LogP contribution in [0.1, 0.15) is 21.7 Å². The Morgan fingerprint density at radius 3 is 2.79 bits per heavy atom. The van der Waals surface area contributed by atoms with E-state index in [4.69, 9.17) is 22.1 Å². The van der Waals surface area contributed by atoms with Gasteiger partial charge in [-0.1, -0.05) is 11.6 Å². The lowest BCUT2D eigenvalue weighted by molar-refractivity contribution is 0.0589. The molecule has 2 N–H and O–H groups in total. The van der Waals surface area contributed by atoms with Gasteiger partial charge in [-0.15, -0.1) is 0 Å². The van der Waals surface area contributed by atoms with Gasteiger partial charge in [0.1, 0.15) is 10.8 Å². The first kappa shape index (κ1) is 13.5. The minimum atomic E-state index is -0.436. The van der Waals surface area contributed by atoms with E-state index in [1.54, 1.807) is 28.6 Å². The SMILES string of the molecule is COC(=O)c1cc(N)cn1Cc1c(C)nn(C)c1Cl. The lowest BCUT2D eigenvalue weighted by Crippen LogP contribution is -2.11. The molecule has 6 nitrogen and oxygen atoms in total. The predicted octanol–water partition coefficient (Wildman–Crippen LogP) is 1.60. The van der Waals surface area contributed by atoms with Gasteiger partial charge in [0.2, 0.25) is 0 Å². The molecule has 0 fully saturated rings. The van der Waals surface area contributed by atoms with Gasteiger partial charge in [-0.05, 0) is 13.0 Å². The normalized spacial score (nSPS) is 10.7. The summed E-state index contributed by atoms with van der Waals surface area (Å²) in [5.74, 6) is -0.436. The fraction of sp³-hybridized carbons (Fsp3) is 0.333. The van der Waals surface area contributed by atoms with Crippen molar-refractivity contribution in [3.63, 3.8) is 0 Å². The summed E-state index contributed by atoms with van der Waals surface area (Å²) in [6, 6.07) is 1.57. The number of nitrogens with two attached hydrogens (primary N) is 1. The van der Waals surface area contributed by atoms with Gasteiger partial charge in [-0.3, -0.25) is 4.68 Å². The minimum Gasteiger partial charge on any atom is -0.464 e. The van der Waals surface area contributed by atoms with Crippen molar-refractivity contribution in [2.75, 3.05) is 12.8 Å². The topological polar surface area (TPSA) is 75.1 Å². The minimum absolute atomic E-state index is 0.388. The van der Waals surface area contributed by atoms with Gasteiger partial charge >= 0.3 is 5.97 Å². The van der Waals surface area contributed by atoms with Crippen LogP contribution in [0.2, 0.25) is 5.15 Å². The Labute approximate surface area is 115 Å². The smallest absolute Gasteiger partial charge is 0.354 e. The van der Waals surface area contributed by atoms with Gasteiger partial charge in [0.15, 0.2) is 0 Å². The molecule has 0 saturated carbocycles. The zero-order chi connectivity index (χ0) is 14.2. The highest BCUT2D eigenvalue weighted by molar-refractivity contribution is 6.30. The standard InChI is InChI=1S/C12H15ClN4O2/c1-7-9(11(13)16(2)15-7)6-17-5-8(14)4-10(17)12(18)19-3/h4-5H,6,14H2,1-3H3.